The number of thiophene rings is 5. The Balaban J connectivity index is 1.44. The number of nitrogens with zero attached hydrogens (tertiary/aromatic N) is 1. The maximum absolute atomic E-state index is 14.8. The molecule has 5 aromatic rings. The molecule has 13 heteroatoms. The lowest BCUT2D eigenvalue weighted by molar-refractivity contribution is 0.0876. The maximum Gasteiger partial charge on any atom is 0.270 e. The third-order valence-corrected chi connectivity index (χ3v) is 33.4. The van der Waals surface area contributed by atoms with Crippen LogP contribution in [0.4, 0.5) is 0 Å². The zero-order chi connectivity index (χ0) is 55.0. The number of halogens is 2. The SMILES string of the molecule is CCCCC(CC)C[Si]1(CC(CC)CCCC)c2cc(-c3sc(-c4sc(-c5cc(CCCCCCBr)c(C(C)(C)CCC)s5)c5c4C(=O)N(CC)S5(=O)=O)cc3CCCCCCBr)sc2-c2sc(C(C)(C)CCC)cc21. The first kappa shape index (κ1) is 62.7. The summed E-state index contributed by atoms with van der Waals surface area (Å²) in [7, 11) is -6.32. The normalized spacial score (nSPS) is 17.0. The Morgan fingerprint density at radius 1 is 0.553 bits per heavy atom. The zero-order valence-electron chi connectivity index (χ0n) is 48.4. The molecule has 0 N–H and O–H groups in total. The third-order valence-electron chi connectivity index (χ3n) is 17.2. The molecule has 0 saturated carbocycles. The molecule has 5 aromatic heterocycles. The zero-order valence-corrected chi connectivity index (χ0v) is 57.5. The highest BCUT2D eigenvalue weighted by Gasteiger charge is 2.51. The summed E-state index contributed by atoms with van der Waals surface area (Å²) in [4.78, 5) is 27.5. The first-order chi connectivity index (χ1) is 36.4. The highest BCUT2D eigenvalue weighted by atomic mass is 79.9. The monoisotopic (exact) mass is 1290 g/mol. The number of sulfonamides is 1. The molecule has 4 nitrogen and oxygen atoms in total. The Bertz CT molecular complexity index is 2790. The molecule has 76 heavy (non-hydrogen) atoms. The van der Waals surface area contributed by atoms with Gasteiger partial charge >= 0.3 is 0 Å². The van der Waals surface area contributed by atoms with Crippen molar-refractivity contribution >= 4 is 123 Å². The van der Waals surface area contributed by atoms with E-state index in [-0.39, 0.29) is 28.2 Å². The van der Waals surface area contributed by atoms with Crippen LogP contribution in [0.5, 0.6) is 0 Å². The molecule has 1 amide bonds. The maximum atomic E-state index is 14.8. The van der Waals surface area contributed by atoms with Gasteiger partial charge in [-0.05, 0) is 139 Å². The van der Waals surface area contributed by atoms with E-state index in [0.29, 0.717) is 5.56 Å². The number of carbonyl (C=O) groups excluding carboxylic acids is 1. The minimum absolute atomic E-state index is 0.0408. The molecule has 7 rings (SSSR count). The molecular weight excluding hydrogens is 1200 g/mol. The predicted molar refractivity (Wildman–Crippen MR) is 351 cm³/mol. The van der Waals surface area contributed by atoms with Gasteiger partial charge in [0.15, 0.2) is 0 Å². The lowest BCUT2D eigenvalue weighted by Gasteiger charge is -2.36. The van der Waals surface area contributed by atoms with Crippen molar-refractivity contribution in [2.45, 2.75) is 245 Å². The van der Waals surface area contributed by atoms with Crippen LogP contribution in [-0.2, 0) is 33.7 Å². The van der Waals surface area contributed by atoms with E-state index in [0.717, 1.165) is 84.8 Å². The summed E-state index contributed by atoms with van der Waals surface area (Å²) in [6.07, 6.45) is 26.0. The van der Waals surface area contributed by atoms with E-state index in [1.807, 2.05) is 11.3 Å². The number of rotatable bonds is 34. The number of aryl methyl sites for hydroxylation is 2. The van der Waals surface area contributed by atoms with Crippen molar-refractivity contribution < 1.29 is 13.2 Å². The minimum atomic E-state index is -4.05. The van der Waals surface area contributed by atoms with Gasteiger partial charge in [0.1, 0.15) is 13.0 Å². The van der Waals surface area contributed by atoms with Crippen LogP contribution in [0.2, 0.25) is 12.1 Å². The molecule has 2 atom stereocenters. The number of hydrogen-bond donors (Lipinski definition) is 0. The third kappa shape index (κ3) is 13.3. The first-order valence-corrected chi connectivity index (χ1v) is 40.0. The summed E-state index contributed by atoms with van der Waals surface area (Å²) in [6.45, 7) is 25.9. The van der Waals surface area contributed by atoms with Crippen molar-refractivity contribution in [3.8, 4) is 39.0 Å². The van der Waals surface area contributed by atoms with Crippen LogP contribution in [0.25, 0.3) is 39.0 Å². The predicted octanol–water partition coefficient (Wildman–Crippen LogP) is 21.3. The van der Waals surface area contributed by atoms with Crippen molar-refractivity contribution in [2.24, 2.45) is 11.8 Å². The van der Waals surface area contributed by atoms with Crippen LogP contribution >= 0.6 is 88.5 Å². The van der Waals surface area contributed by atoms with E-state index >= 15 is 0 Å². The van der Waals surface area contributed by atoms with Crippen molar-refractivity contribution in [1.82, 2.24) is 4.31 Å². The molecule has 2 aliphatic rings. The Morgan fingerprint density at radius 2 is 1.07 bits per heavy atom. The number of carbonyl (C=O) groups is 1. The fourth-order valence-corrected chi connectivity index (χ4v) is 30.6. The van der Waals surface area contributed by atoms with Gasteiger partial charge in [-0.3, -0.25) is 4.79 Å². The molecule has 0 fully saturated rings. The second-order valence-electron chi connectivity index (χ2n) is 23.9. The molecular formula is C63H93Br2NO3S6Si. The van der Waals surface area contributed by atoms with Crippen molar-refractivity contribution in [3.05, 3.63) is 50.7 Å². The topological polar surface area (TPSA) is 54.5 Å². The number of hydrogen-bond acceptors (Lipinski definition) is 8. The van der Waals surface area contributed by atoms with E-state index in [4.69, 9.17) is 0 Å². The summed E-state index contributed by atoms with van der Waals surface area (Å²) in [5.74, 6) is 1.07. The van der Waals surface area contributed by atoms with Crippen molar-refractivity contribution in [2.75, 3.05) is 17.2 Å². The van der Waals surface area contributed by atoms with E-state index in [1.54, 1.807) is 54.6 Å². The van der Waals surface area contributed by atoms with Crippen molar-refractivity contribution in [3.63, 3.8) is 0 Å². The number of alkyl halides is 2. The fraction of sp³-hybridized carbons (Fsp3) is 0.667. The molecule has 2 aliphatic heterocycles. The summed E-state index contributed by atoms with van der Waals surface area (Å²) < 4.78 is 30.8. The molecule has 0 aliphatic carbocycles. The molecule has 0 bridgehead atoms. The second-order valence-corrected chi connectivity index (χ2v) is 36.5. The highest BCUT2D eigenvalue weighted by molar-refractivity contribution is 9.09. The first-order valence-electron chi connectivity index (χ1n) is 29.9. The largest absolute Gasteiger partial charge is 0.270 e. The average molecular weight is 1290 g/mol. The van der Waals surface area contributed by atoms with E-state index in [1.165, 1.54) is 141 Å². The fourth-order valence-electron chi connectivity index (χ4n) is 12.9. The highest BCUT2D eigenvalue weighted by Crippen LogP contribution is 2.56. The number of fused-ring (bicyclic) bond motifs is 4. The average Bonchev–Trinajstić information content (AvgIpc) is 4.43. The molecule has 2 unspecified atom stereocenters. The van der Waals surface area contributed by atoms with E-state index < -0.39 is 18.1 Å². The minimum Gasteiger partial charge on any atom is -0.268 e. The molecule has 0 aromatic carbocycles. The Labute approximate surface area is 499 Å². The van der Waals surface area contributed by atoms with Gasteiger partial charge < -0.3 is 0 Å². The summed E-state index contributed by atoms with van der Waals surface area (Å²) >= 11 is 16.7. The molecule has 0 radical (unpaired) electrons. The summed E-state index contributed by atoms with van der Waals surface area (Å²) in [6, 6.07) is 12.9. The van der Waals surface area contributed by atoms with Crippen LogP contribution < -0.4 is 10.4 Å². The van der Waals surface area contributed by atoms with Gasteiger partial charge in [0, 0.05) is 56.2 Å². The van der Waals surface area contributed by atoms with Gasteiger partial charge in [0.05, 0.1) is 15.3 Å². The molecule has 422 valence electrons. The standard InChI is InChI=1S/C63H93Br2NO3S6Si/c1-12-19-29-43(16-5)41-76(42-44(17-6)30-20-13-2)50-39-49(71-57(50)58-51(76)40-52(73-58)62(8,9)33-14-3)54-45(31-25-21-23-27-35-64)37-47(70-54)55-53-59(75(68,69)66(18-7)61(53)67)56(74-55)48-38-46(32-26-22-24-28-36-65)60(72-48)63(10,11)34-15-4/h37-40,43-44H,12-36,41-42H2,1-11H3. The van der Waals surface area contributed by atoms with Crippen LogP contribution in [0.15, 0.2) is 29.2 Å². The molecule has 0 saturated heterocycles. The van der Waals surface area contributed by atoms with Gasteiger partial charge in [-0.2, -0.15) is 0 Å². The van der Waals surface area contributed by atoms with Crippen LogP contribution in [0, 0.1) is 11.8 Å². The van der Waals surface area contributed by atoms with E-state index in [2.05, 4.69) is 148 Å². The summed E-state index contributed by atoms with van der Waals surface area (Å²) in [5, 5.41) is 5.55. The Kier molecular flexibility index (Phi) is 23.0. The van der Waals surface area contributed by atoms with E-state index in [9.17, 15) is 13.2 Å². The number of amides is 1. The van der Waals surface area contributed by atoms with Gasteiger partial charge in [-0.15, -0.1) is 56.7 Å². The Morgan fingerprint density at radius 3 is 1.63 bits per heavy atom. The molecule has 7 heterocycles. The van der Waals surface area contributed by atoms with Gasteiger partial charge in [-0.1, -0.05) is 191 Å². The smallest absolute Gasteiger partial charge is 0.268 e. The second kappa shape index (κ2) is 27.9. The van der Waals surface area contributed by atoms with Gasteiger partial charge in [-0.25, -0.2) is 12.7 Å². The van der Waals surface area contributed by atoms with Gasteiger partial charge in [0.25, 0.3) is 15.9 Å². The van der Waals surface area contributed by atoms with Crippen molar-refractivity contribution in [1.29, 1.82) is 0 Å². The number of unbranched alkanes of at least 4 members (excludes halogenated alkanes) is 8. The van der Waals surface area contributed by atoms with Crippen LogP contribution in [-0.4, -0.2) is 43.9 Å². The van der Waals surface area contributed by atoms with Crippen LogP contribution in [0.3, 0.4) is 0 Å². The van der Waals surface area contributed by atoms with Gasteiger partial charge in [0.2, 0.25) is 0 Å². The lowest BCUT2D eigenvalue weighted by Crippen LogP contribution is -2.57. The Hall–Kier alpha value is -0.903. The quantitative estimate of drug-likeness (QED) is 0.0234. The van der Waals surface area contributed by atoms with Crippen LogP contribution in [0.1, 0.15) is 236 Å². The molecule has 0 spiro atoms. The lowest BCUT2D eigenvalue weighted by atomic mass is 9.83. The summed E-state index contributed by atoms with van der Waals surface area (Å²) in [5.41, 5.74) is 3.20.